The molecule has 1 fully saturated rings. The van der Waals surface area contributed by atoms with Gasteiger partial charge in [-0.05, 0) is 31.9 Å². The van der Waals surface area contributed by atoms with E-state index in [0.29, 0.717) is 23.9 Å². The van der Waals surface area contributed by atoms with Gasteiger partial charge in [-0.1, -0.05) is 22.9 Å². The van der Waals surface area contributed by atoms with E-state index in [2.05, 4.69) is 20.8 Å². The Morgan fingerprint density at radius 1 is 1.22 bits per heavy atom. The largest absolute Gasteiger partial charge is 0.350 e. The van der Waals surface area contributed by atoms with Crippen LogP contribution < -0.4 is 10.6 Å². The number of carbonyl (C=O) groups is 2. The first-order valence-electron chi connectivity index (χ1n) is 7.60. The van der Waals surface area contributed by atoms with Gasteiger partial charge in [-0.25, -0.2) is 0 Å². The summed E-state index contributed by atoms with van der Waals surface area (Å²) < 4.78 is 4.93. The van der Waals surface area contributed by atoms with E-state index in [1.54, 1.807) is 6.07 Å². The number of nitrogens with zero attached hydrogens (tertiary/aromatic N) is 2. The lowest BCUT2D eigenvalue weighted by Crippen LogP contribution is -2.34. The number of aryl methyl sites for hydroxylation is 1. The lowest BCUT2D eigenvalue weighted by Gasteiger charge is -2.06. The average molecular weight is 314 g/mol. The number of amides is 2. The maximum Gasteiger partial charge on any atom is 0.315 e. The molecule has 3 rings (SSSR count). The van der Waals surface area contributed by atoms with Crippen molar-refractivity contribution in [1.82, 2.24) is 20.8 Å². The second-order valence-electron chi connectivity index (χ2n) is 5.61. The molecular weight excluding hydrogens is 296 g/mol. The first-order chi connectivity index (χ1) is 11.1. The Hall–Kier alpha value is -2.70. The number of hydrogen-bond acceptors (Lipinski definition) is 5. The molecule has 7 heteroatoms. The molecule has 0 bridgehead atoms. The van der Waals surface area contributed by atoms with Gasteiger partial charge in [-0.3, -0.25) is 9.59 Å². The van der Waals surface area contributed by atoms with Gasteiger partial charge in [-0.15, -0.1) is 0 Å². The van der Waals surface area contributed by atoms with Gasteiger partial charge in [0.25, 0.3) is 5.91 Å². The summed E-state index contributed by atoms with van der Waals surface area (Å²) in [5, 5.41) is 9.17. The minimum Gasteiger partial charge on any atom is -0.350 e. The van der Waals surface area contributed by atoms with Gasteiger partial charge in [-0.2, -0.15) is 4.98 Å². The van der Waals surface area contributed by atoms with Crippen molar-refractivity contribution in [3.05, 3.63) is 47.1 Å². The van der Waals surface area contributed by atoms with E-state index in [1.165, 1.54) is 0 Å². The highest BCUT2D eigenvalue weighted by Gasteiger charge is 2.29. The highest BCUT2D eigenvalue weighted by atomic mass is 16.5. The van der Waals surface area contributed by atoms with Crippen molar-refractivity contribution in [1.29, 1.82) is 0 Å². The van der Waals surface area contributed by atoms with Crippen LogP contribution in [0.5, 0.6) is 0 Å². The van der Waals surface area contributed by atoms with Gasteiger partial charge in [0.05, 0.1) is 0 Å². The van der Waals surface area contributed by atoms with Crippen molar-refractivity contribution in [3.8, 4) is 0 Å². The molecule has 120 valence electrons. The van der Waals surface area contributed by atoms with Crippen LogP contribution in [-0.2, 0) is 0 Å². The third-order valence-corrected chi connectivity index (χ3v) is 3.55. The SMILES string of the molecule is Cc1cccc(C(=O)NCCNC(=O)c2nc(C3CC3)no2)c1. The fourth-order valence-corrected chi connectivity index (χ4v) is 2.15. The van der Waals surface area contributed by atoms with Crippen LogP contribution in [0.25, 0.3) is 0 Å². The Kier molecular flexibility index (Phi) is 4.36. The van der Waals surface area contributed by atoms with E-state index in [4.69, 9.17) is 4.52 Å². The van der Waals surface area contributed by atoms with E-state index in [-0.39, 0.29) is 18.3 Å². The molecule has 2 aromatic rings. The summed E-state index contributed by atoms with van der Waals surface area (Å²) in [4.78, 5) is 27.8. The minimum atomic E-state index is -0.422. The fourth-order valence-electron chi connectivity index (χ4n) is 2.15. The first kappa shape index (κ1) is 15.2. The van der Waals surface area contributed by atoms with Gasteiger partial charge < -0.3 is 15.2 Å². The number of benzene rings is 1. The maximum absolute atomic E-state index is 11.9. The third-order valence-electron chi connectivity index (χ3n) is 3.55. The number of hydrogen-bond donors (Lipinski definition) is 2. The van der Waals surface area contributed by atoms with Gasteiger partial charge in [0.15, 0.2) is 5.82 Å². The topological polar surface area (TPSA) is 97.1 Å². The smallest absolute Gasteiger partial charge is 0.315 e. The average Bonchev–Trinajstić information content (AvgIpc) is 3.28. The van der Waals surface area contributed by atoms with E-state index >= 15 is 0 Å². The van der Waals surface area contributed by atoms with Crippen LogP contribution in [0, 0.1) is 6.92 Å². The second-order valence-corrected chi connectivity index (χ2v) is 5.61. The Bertz CT molecular complexity index is 722. The van der Waals surface area contributed by atoms with Gasteiger partial charge in [0.1, 0.15) is 0 Å². The van der Waals surface area contributed by atoms with E-state index in [1.807, 2.05) is 25.1 Å². The summed E-state index contributed by atoms with van der Waals surface area (Å²) in [6.07, 6.45) is 2.09. The fraction of sp³-hybridized carbons (Fsp3) is 0.375. The Morgan fingerprint density at radius 3 is 2.65 bits per heavy atom. The van der Waals surface area contributed by atoms with Crippen LogP contribution in [0.15, 0.2) is 28.8 Å². The molecule has 0 spiro atoms. The van der Waals surface area contributed by atoms with Crippen molar-refractivity contribution in [2.75, 3.05) is 13.1 Å². The molecule has 1 aliphatic carbocycles. The molecule has 0 unspecified atom stereocenters. The molecule has 7 nitrogen and oxygen atoms in total. The first-order valence-corrected chi connectivity index (χ1v) is 7.60. The normalized spacial score (nSPS) is 13.6. The third kappa shape index (κ3) is 3.94. The second kappa shape index (κ2) is 6.60. The molecule has 0 saturated heterocycles. The Morgan fingerprint density at radius 2 is 1.96 bits per heavy atom. The zero-order chi connectivity index (χ0) is 16.2. The molecule has 0 atom stereocenters. The standard InChI is InChI=1S/C16H18N4O3/c1-10-3-2-4-12(9-10)14(21)17-7-8-18-15(22)16-19-13(20-23-16)11-5-6-11/h2-4,9,11H,5-8H2,1H3,(H,17,21)(H,18,22). The van der Waals surface area contributed by atoms with Crippen LogP contribution in [0.2, 0.25) is 0 Å². The van der Waals surface area contributed by atoms with Gasteiger partial charge in [0.2, 0.25) is 0 Å². The molecule has 1 aromatic carbocycles. The van der Waals surface area contributed by atoms with E-state index < -0.39 is 5.91 Å². The van der Waals surface area contributed by atoms with Crippen molar-refractivity contribution in [3.63, 3.8) is 0 Å². The molecule has 23 heavy (non-hydrogen) atoms. The molecule has 2 N–H and O–H groups in total. The summed E-state index contributed by atoms with van der Waals surface area (Å²) in [6.45, 7) is 2.54. The molecule has 0 aliphatic heterocycles. The van der Waals surface area contributed by atoms with Crippen LogP contribution in [0.3, 0.4) is 0 Å². The number of nitrogens with one attached hydrogen (secondary N) is 2. The van der Waals surface area contributed by atoms with E-state index in [9.17, 15) is 9.59 Å². The summed E-state index contributed by atoms with van der Waals surface area (Å²) in [5.41, 5.74) is 1.62. The maximum atomic E-state index is 11.9. The minimum absolute atomic E-state index is 0.0306. The predicted molar refractivity (Wildman–Crippen MR) is 82.1 cm³/mol. The van der Waals surface area contributed by atoms with Crippen molar-refractivity contribution in [2.45, 2.75) is 25.7 Å². The highest BCUT2D eigenvalue weighted by molar-refractivity contribution is 5.94. The zero-order valence-electron chi connectivity index (χ0n) is 12.8. The molecular formula is C16H18N4O3. The van der Waals surface area contributed by atoms with Gasteiger partial charge in [0, 0.05) is 24.6 Å². The molecule has 1 heterocycles. The van der Waals surface area contributed by atoms with Crippen LogP contribution in [0.4, 0.5) is 0 Å². The quantitative estimate of drug-likeness (QED) is 0.786. The summed E-state index contributed by atoms with van der Waals surface area (Å²) >= 11 is 0. The summed E-state index contributed by atoms with van der Waals surface area (Å²) in [6, 6.07) is 7.32. The number of aromatic nitrogens is 2. The Labute approximate surface area is 133 Å². The Balaban J connectivity index is 1.42. The lowest BCUT2D eigenvalue weighted by molar-refractivity contribution is 0.0898. The molecule has 1 aliphatic rings. The van der Waals surface area contributed by atoms with Crippen molar-refractivity contribution < 1.29 is 14.1 Å². The zero-order valence-corrected chi connectivity index (χ0v) is 12.8. The van der Waals surface area contributed by atoms with Crippen molar-refractivity contribution in [2.24, 2.45) is 0 Å². The molecule has 2 amide bonds. The number of rotatable bonds is 6. The van der Waals surface area contributed by atoms with Crippen LogP contribution in [0.1, 0.15) is 51.2 Å². The van der Waals surface area contributed by atoms with E-state index in [0.717, 1.165) is 18.4 Å². The van der Waals surface area contributed by atoms with Gasteiger partial charge >= 0.3 is 11.8 Å². The van der Waals surface area contributed by atoms with Crippen LogP contribution in [-0.4, -0.2) is 35.0 Å². The monoisotopic (exact) mass is 314 g/mol. The lowest BCUT2D eigenvalue weighted by atomic mass is 10.1. The van der Waals surface area contributed by atoms with Crippen LogP contribution >= 0.6 is 0 Å². The summed E-state index contributed by atoms with van der Waals surface area (Å²) in [5.74, 6) is 0.319. The van der Waals surface area contributed by atoms with Crippen molar-refractivity contribution >= 4 is 11.8 Å². The molecule has 1 aromatic heterocycles. The summed E-state index contributed by atoms with van der Waals surface area (Å²) in [7, 11) is 0. The molecule has 0 radical (unpaired) electrons. The molecule has 1 saturated carbocycles. The predicted octanol–water partition coefficient (Wildman–Crippen LogP) is 1.42. The number of carbonyl (C=O) groups excluding carboxylic acids is 2. The highest BCUT2D eigenvalue weighted by Crippen LogP contribution is 2.37.